The van der Waals surface area contributed by atoms with Crippen LogP contribution in [0.2, 0.25) is 0 Å². The van der Waals surface area contributed by atoms with Crippen LogP contribution >= 0.6 is 0 Å². The lowest BCUT2D eigenvalue weighted by atomic mass is 9.98. The zero-order valence-corrected chi connectivity index (χ0v) is 13.1. The minimum absolute atomic E-state index is 0.269. The van der Waals surface area contributed by atoms with Gasteiger partial charge in [-0.2, -0.15) is 0 Å². The fourth-order valence-electron chi connectivity index (χ4n) is 3.45. The summed E-state index contributed by atoms with van der Waals surface area (Å²) in [4.78, 5) is 14.2. The van der Waals surface area contributed by atoms with Crippen molar-refractivity contribution in [2.24, 2.45) is 0 Å². The van der Waals surface area contributed by atoms with E-state index in [1.165, 1.54) is 18.4 Å². The van der Waals surface area contributed by atoms with Crippen LogP contribution in [0.25, 0.3) is 11.0 Å². The lowest BCUT2D eigenvalue weighted by Gasteiger charge is -2.30. The van der Waals surface area contributed by atoms with Gasteiger partial charge in [-0.15, -0.1) is 0 Å². The third-order valence-corrected chi connectivity index (χ3v) is 4.71. The smallest absolute Gasteiger partial charge is 0.336 e. The van der Waals surface area contributed by atoms with Gasteiger partial charge in [-0.25, -0.2) is 4.79 Å². The van der Waals surface area contributed by atoms with Crippen molar-refractivity contribution in [2.45, 2.75) is 52.1 Å². The molecule has 0 unspecified atom stereocenters. The third-order valence-electron chi connectivity index (χ3n) is 4.71. The number of benzene rings is 1. The van der Waals surface area contributed by atoms with Gasteiger partial charge in [0, 0.05) is 35.2 Å². The van der Waals surface area contributed by atoms with Crippen molar-refractivity contribution < 1.29 is 9.15 Å². The Labute approximate surface area is 129 Å². The number of aryl methyl sites for hydroxylation is 2. The van der Waals surface area contributed by atoms with Crippen LogP contribution in [0.5, 0.6) is 5.75 Å². The van der Waals surface area contributed by atoms with E-state index in [0.29, 0.717) is 18.4 Å². The van der Waals surface area contributed by atoms with Crippen LogP contribution in [0, 0.1) is 6.92 Å². The summed E-state index contributed by atoms with van der Waals surface area (Å²) in [6.45, 7) is 5.70. The molecule has 1 saturated carbocycles. The summed E-state index contributed by atoms with van der Waals surface area (Å²) in [6.07, 6.45) is 4.47. The molecule has 1 aliphatic carbocycles. The van der Waals surface area contributed by atoms with E-state index < -0.39 is 0 Å². The van der Waals surface area contributed by atoms with Crippen LogP contribution in [0.1, 0.15) is 42.9 Å². The predicted octanol–water partition coefficient (Wildman–Crippen LogP) is 3.37. The van der Waals surface area contributed by atoms with Gasteiger partial charge in [0.15, 0.2) is 0 Å². The number of hydrogen-bond donors (Lipinski definition) is 0. The van der Waals surface area contributed by atoms with Crippen LogP contribution in [0.4, 0.5) is 0 Å². The Morgan fingerprint density at radius 1 is 1.32 bits per heavy atom. The number of rotatable bonds is 3. The number of nitrogens with zero attached hydrogens (tertiary/aromatic N) is 1. The maximum atomic E-state index is 11.8. The molecular weight excluding hydrogens is 278 g/mol. The highest BCUT2D eigenvalue weighted by molar-refractivity contribution is 5.86. The lowest BCUT2D eigenvalue weighted by molar-refractivity contribution is 0.0876. The Morgan fingerprint density at radius 2 is 2.14 bits per heavy atom. The van der Waals surface area contributed by atoms with Crippen LogP contribution in [-0.4, -0.2) is 17.7 Å². The van der Waals surface area contributed by atoms with Crippen LogP contribution in [0.15, 0.2) is 21.3 Å². The first-order valence-corrected chi connectivity index (χ1v) is 8.13. The van der Waals surface area contributed by atoms with Gasteiger partial charge in [-0.3, -0.25) is 4.90 Å². The molecule has 1 aromatic heterocycles. The molecule has 2 heterocycles. The van der Waals surface area contributed by atoms with Crippen molar-refractivity contribution in [1.82, 2.24) is 4.90 Å². The first-order valence-electron chi connectivity index (χ1n) is 8.13. The van der Waals surface area contributed by atoms with E-state index in [4.69, 9.17) is 9.15 Å². The normalized spacial score (nSPS) is 18.3. The molecule has 22 heavy (non-hydrogen) atoms. The predicted molar refractivity (Wildman–Crippen MR) is 85.3 cm³/mol. The summed E-state index contributed by atoms with van der Waals surface area (Å²) in [7, 11) is 0. The Morgan fingerprint density at radius 3 is 2.86 bits per heavy atom. The zero-order valence-electron chi connectivity index (χ0n) is 13.1. The maximum Gasteiger partial charge on any atom is 0.336 e. The molecular formula is C18H21NO3. The molecule has 2 aromatic rings. The van der Waals surface area contributed by atoms with E-state index in [0.717, 1.165) is 41.6 Å². The van der Waals surface area contributed by atoms with Gasteiger partial charge in [-0.1, -0.05) is 13.3 Å². The molecule has 0 saturated heterocycles. The third kappa shape index (κ3) is 2.22. The molecule has 0 spiro atoms. The molecule has 0 bridgehead atoms. The van der Waals surface area contributed by atoms with Crippen molar-refractivity contribution in [2.75, 3.05) is 6.73 Å². The van der Waals surface area contributed by atoms with Crippen molar-refractivity contribution in [3.8, 4) is 5.75 Å². The minimum atomic E-state index is -0.269. The first kappa shape index (κ1) is 13.8. The molecule has 116 valence electrons. The van der Waals surface area contributed by atoms with Crippen LogP contribution in [0.3, 0.4) is 0 Å². The standard InChI is InChI=1S/C18H21NO3/c1-3-4-12-8-16(20)22-18-11(2)17-13(7-15(12)18)9-19(10-21-17)14-5-6-14/h7-8,14H,3-6,9-10H2,1-2H3. The number of ether oxygens (including phenoxy) is 1. The summed E-state index contributed by atoms with van der Waals surface area (Å²) in [5.74, 6) is 0.904. The SMILES string of the molecule is CCCc1cc(=O)oc2c(C)c3c(cc12)CN(C1CC1)CO3. The molecule has 1 fully saturated rings. The second-order valence-corrected chi connectivity index (χ2v) is 6.46. The average Bonchev–Trinajstić information content (AvgIpc) is 3.33. The van der Waals surface area contributed by atoms with Crippen molar-refractivity contribution >= 4 is 11.0 Å². The number of fused-ring (bicyclic) bond motifs is 2. The topological polar surface area (TPSA) is 42.7 Å². The van der Waals surface area contributed by atoms with E-state index in [9.17, 15) is 4.79 Å². The van der Waals surface area contributed by atoms with Crippen LogP contribution in [-0.2, 0) is 13.0 Å². The van der Waals surface area contributed by atoms with Gasteiger partial charge in [0.05, 0.1) is 0 Å². The zero-order chi connectivity index (χ0) is 15.3. The van der Waals surface area contributed by atoms with E-state index >= 15 is 0 Å². The van der Waals surface area contributed by atoms with Gasteiger partial charge >= 0.3 is 5.63 Å². The molecule has 1 aromatic carbocycles. The molecule has 0 atom stereocenters. The molecule has 0 N–H and O–H groups in total. The second kappa shape index (κ2) is 5.13. The Balaban J connectivity index is 1.88. The van der Waals surface area contributed by atoms with Gasteiger partial charge in [-0.05, 0) is 37.8 Å². The Bertz CT molecular complexity index is 789. The first-order chi connectivity index (χ1) is 10.7. The van der Waals surface area contributed by atoms with Crippen molar-refractivity contribution in [3.63, 3.8) is 0 Å². The Hall–Kier alpha value is -1.81. The fourth-order valence-corrected chi connectivity index (χ4v) is 3.45. The minimum Gasteiger partial charge on any atom is -0.477 e. The summed E-state index contributed by atoms with van der Waals surface area (Å²) in [6, 6.07) is 4.49. The van der Waals surface area contributed by atoms with Gasteiger partial charge in [0.2, 0.25) is 0 Å². The summed E-state index contributed by atoms with van der Waals surface area (Å²) >= 11 is 0. The second-order valence-electron chi connectivity index (χ2n) is 6.46. The molecule has 1 aliphatic heterocycles. The van der Waals surface area contributed by atoms with E-state index in [1.54, 1.807) is 6.07 Å². The molecule has 0 amide bonds. The summed E-state index contributed by atoms with van der Waals surface area (Å²) < 4.78 is 11.5. The van der Waals surface area contributed by atoms with Crippen molar-refractivity contribution in [1.29, 1.82) is 0 Å². The maximum absolute atomic E-state index is 11.8. The lowest BCUT2D eigenvalue weighted by Crippen LogP contribution is -2.34. The van der Waals surface area contributed by atoms with Crippen molar-refractivity contribution in [3.05, 3.63) is 39.2 Å². The van der Waals surface area contributed by atoms with E-state index in [2.05, 4.69) is 17.9 Å². The highest BCUT2D eigenvalue weighted by Crippen LogP contribution is 2.38. The molecule has 4 rings (SSSR count). The van der Waals surface area contributed by atoms with E-state index in [1.807, 2.05) is 6.92 Å². The molecule has 2 aliphatic rings. The van der Waals surface area contributed by atoms with Gasteiger partial charge in [0.25, 0.3) is 0 Å². The largest absolute Gasteiger partial charge is 0.477 e. The molecule has 0 radical (unpaired) electrons. The average molecular weight is 299 g/mol. The van der Waals surface area contributed by atoms with E-state index in [-0.39, 0.29) is 5.63 Å². The monoisotopic (exact) mass is 299 g/mol. The quantitative estimate of drug-likeness (QED) is 0.815. The van der Waals surface area contributed by atoms with Crippen LogP contribution < -0.4 is 10.4 Å². The molecule has 4 nitrogen and oxygen atoms in total. The highest BCUT2D eigenvalue weighted by atomic mass is 16.5. The highest BCUT2D eigenvalue weighted by Gasteiger charge is 2.33. The molecule has 4 heteroatoms. The van der Waals surface area contributed by atoms with Gasteiger partial charge < -0.3 is 9.15 Å². The summed E-state index contributed by atoms with van der Waals surface area (Å²) in [5, 5.41) is 1.07. The van der Waals surface area contributed by atoms with Gasteiger partial charge in [0.1, 0.15) is 18.1 Å². The summed E-state index contributed by atoms with van der Waals surface area (Å²) in [5.41, 5.74) is 3.68. The number of hydrogen-bond acceptors (Lipinski definition) is 4. The fraction of sp³-hybridized carbons (Fsp3) is 0.500. The Kier molecular flexibility index (Phi) is 3.22.